The molecule has 0 radical (unpaired) electrons. The van der Waals surface area contributed by atoms with Gasteiger partial charge in [0.25, 0.3) is 0 Å². The fraction of sp³-hybridized carbons (Fsp3) is 0.722. The number of morpholine rings is 1. The number of aromatic nitrogens is 1. The summed E-state index contributed by atoms with van der Waals surface area (Å²) in [6.45, 7) is 6.68. The lowest BCUT2D eigenvalue weighted by Crippen LogP contribution is -3.22. The molecule has 0 aromatic carbocycles. The fourth-order valence-electron chi connectivity index (χ4n) is 4.00. The van der Waals surface area contributed by atoms with Gasteiger partial charge in [0.15, 0.2) is 0 Å². The Bertz CT molecular complexity index is 594. The standard InChI is InChI=1S/C18H26N4OS/c1-15-13-24-17(21-15)16(11-19)12-20-14-18(5-3-2-4-6-18)22-7-9-23-10-8-22/h12-13,16H,2-10,14H2,1H3/p+1/t16-/m1/s1. The number of aryl methyl sites for hydroxylation is 1. The van der Waals surface area contributed by atoms with E-state index in [4.69, 9.17) is 9.73 Å². The van der Waals surface area contributed by atoms with Crippen LogP contribution in [0.4, 0.5) is 0 Å². The highest BCUT2D eigenvalue weighted by molar-refractivity contribution is 7.09. The maximum absolute atomic E-state index is 9.44. The van der Waals surface area contributed by atoms with E-state index in [1.165, 1.54) is 32.1 Å². The summed E-state index contributed by atoms with van der Waals surface area (Å²) in [5.41, 5.74) is 1.22. The largest absolute Gasteiger partial charge is 0.370 e. The number of rotatable bonds is 5. The second kappa shape index (κ2) is 8.19. The predicted octanol–water partition coefficient (Wildman–Crippen LogP) is 1.75. The summed E-state index contributed by atoms with van der Waals surface area (Å²) in [4.78, 5) is 10.9. The van der Waals surface area contributed by atoms with Gasteiger partial charge in [-0.3, -0.25) is 4.99 Å². The molecule has 1 aromatic heterocycles. The average Bonchev–Trinajstić information content (AvgIpc) is 3.06. The van der Waals surface area contributed by atoms with Crippen LogP contribution in [0.5, 0.6) is 0 Å². The molecule has 24 heavy (non-hydrogen) atoms. The molecular weight excluding hydrogens is 320 g/mol. The second-order valence-electron chi connectivity index (χ2n) is 6.98. The number of quaternary nitrogens is 1. The van der Waals surface area contributed by atoms with Gasteiger partial charge in [-0.1, -0.05) is 6.42 Å². The molecule has 1 aliphatic heterocycles. The third-order valence-electron chi connectivity index (χ3n) is 5.35. The smallest absolute Gasteiger partial charge is 0.133 e. The van der Waals surface area contributed by atoms with Gasteiger partial charge in [-0.05, 0) is 19.8 Å². The van der Waals surface area contributed by atoms with Crippen LogP contribution in [0.1, 0.15) is 48.7 Å². The Balaban J connectivity index is 1.69. The first kappa shape index (κ1) is 17.5. The fourth-order valence-corrected chi connectivity index (χ4v) is 4.80. The van der Waals surface area contributed by atoms with Crippen molar-refractivity contribution in [1.29, 1.82) is 5.26 Å². The first-order valence-corrected chi connectivity index (χ1v) is 9.86. The number of ether oxygens (including phenoxy) is 1. The van der Waals surface area contributed by atoms with Crippen molar-refractivity contribution in [3.63, 3.8) is 0 Å². The minimum atomic E-state index is -0.316. The Morgan fingerprint density at radius 3 is 2.79 bits per heavy atom. The molecule has 1 saturated heterocycles. The molecule has 5 nitrogen and oxygen atoms in total. The van der Waals surface area contributed by atoms with Gasteiger partial charge in [-0.25, -0.2) is 4.98 Å². The molecule has 1 saturated carbocycles. The highest BCUT2D eigenvalue weighted by Crippen LogP contribution is 2.27. The molecule has 2 fully saturated rings. The van der Waals surface area contributed by atoms with Crippen LogP contribution >= 0.6 is 11.3 Å². The number of thiazole rings is 1. The molecule has 1 atom stereocenters. The van der Waals surface area contributed by atoms with E-state index in [0.29, 0.717) is 0 Å². The van der Waals surface area contributed by atoms with Crippen LogP contribution in [0, 0.1) is 18.3 Å². The predicted molar refractivity (Wildman–Crippen MR) is 95.9 cm³/mol. The zero-order valence-corrected chi connectivity index (χ0v) is 15.3. The summed E-state index contributed by atoms with van der Waals surface area (Å²) < 4.78 is 5.55. The lowest BCUT2D eigenvalue weighted by molar-refractivity contribution is -0.959. The van der Waals surface area contributed by atoms with Gasteiger partial charge < -0.3 is 9.64 Å². The van der Waals surface area contributed by atoms with Gasteiger partial charge in [0.2, 0.25) is 0 Å². The van der Waals surface area contributed by atoms with Gasteiger partial charge in [0.1, 0.15) is 29.6 Å². The zero-order chi connectivity index (χ0) is 16.8. The minimum Gasteiger partial charge on any atom is -0.370 e. The quantitative estimate of drug-likeness (QED) is 0.826. The Labute approximate surface area is 148 Å². The van der Waals surface area contributed by atoms with Crippen molar-refractivity contribution in [2.45, 2.75) is 50.5 Å². The number of nitrogens with zero attached hydrogens (tertiary/aromatic N) is 3. The average molecular weight is 348 g/mol. The number of aliphatic imine (C=N–C) groups is 1. The number of hydrogen-bond donors (Lipinski definition) is 1. The maximum atomic E-state index is 9.44. The van der Waals surface area contributed by atoms with Crippen LogP contribution < -0.4 is 4.90 Å². The molecule has 2 heterocycles. The SMILES string of the molecule is Cc1csc([C@H](C#N)C=NCC2([NH+]3CCOCC3)CCCCC2)n1. The Morgan fingerprint density at radius 1 is 1.42 bits per heavy atom. The minimum absolute atomic E-state index is 0.247. The van der Waals surface area contributed by atoms with Crippen molar-refractivity contribution in [2.75, 3.05) is 32.8 Å². The third kappa shape index (κ3) is 4.02. The summed E-state index contributed by atoms with van der Waals surface area (Å²) in [6, 6.07) is 2.33. The van der Waals surface area contributed by atoms with Crippen LogP contribution in [-0.2, 0) is 4.74 Å². The van der Waals surface area contributed by atoms with E-state index >= 15 is 0 Å². The Morgan fingerprint density at radius 2 is 2.17 bits per heavy atom. The van der Waals surface area contributed by atoms with Crippen molar-refractivity contribution >= 4 is 17.6 Å². The normalized spacial score (nSPS) is 23.2. The topological polar surface area (TPSA) is 62.7 Å². The van der Waals surface area contributed by atoms with Crippen molar-refractivity contribution in [2.24, 2.45) is 4.99 Å². The molecule has 0 amide bonds. The molecule has 2 aliphatic rings. The summed E-state index contributed by atoms with van der Waals surface area (Å²) in [5.74, 6) is -0.316. The molecule has 1 aromatic rings. The molecule has 0 spiro atoms. The van der Waals surface area contributed by atoms with E-state index in [-0.39, 0.29) is 11.5 Å². The number of hydrogen-bond acceptors (Lipinski definition) is 5. The molecule has 0 bridgehead atoms. The van der Waals surface area contributed by atoms with Gasteiger partial charge in [-0.2, -0.15) is 5.26 Å². The van der Waals surface area contributed by atoms with Gasteiger partial charge in [-0.15, -0.1) is 11.3 Å². The van der Waals surface area contributed by atoms with Crippen LogP contribution in [0.25, 0.3) is 0 Å². The van der Waals surface area contributed by atoms with Crippen molar-refractivity contribution in [3.8, 4) is 6.07 Å². The summed E-state index contributed by atoms with van der Waals surface area (Å²) in [6.07, 6.45) is 8.25. The molecule has 1 N–H and O–H groups in total. The molecule has 1 aliphatic carbocycles. The summed E-state index contributed by atoms with van der Waals surface area (Å²) in [7, 11) is 0. The highest BCUT2D eigenvalue weighted by atomic mass is 32.1. The first-order valence-electron chi connectivity index (χ1n) is 8.98. The summed E-state index contributed by atoms with van der Waals surface area (Å²) in [5, 5.41) is 12.3. The molecule has 130 valence electrons. The number of nitrogens with one attached hydrogen (secondary N) is 1. The van der Waals surface area contributed by atoms with Crippen LogP contribution in [0.3, 0.4) is 0 Å². The maximum Gasteiger partial charge on any atom is 0.133 e. The molecule has 6 heteroatoms. The van der Waals surface area contributed by atoms with E-state index in [1.807, 2.05) is 18.5 Å². The molecule has 0 unspecified atom stereocenters. The molecule has 3 rings (SSSR count). The van der Waals surface area contributed by atoms with Crippen LogP contribution in [0.15, 0.2) is 10.4 Å². The van der Waals surface area contributed by atoms with Crippen molar-refractivity contribution in [1.82, 2.24) is 4.98 Å². The van der Waals surface area contributed by atoms with E-state index in [9.17, 15) is 5.26 Å². The van der Waals surface area contributed by atoms with Crippen molar-refractivity contribution < 1.29 is 9.64 Å². The third-order valence-corrected chi connectivity index (χ3v) is 6.39. The van der Waals surface area contributed by atoms with E-state index < -0.39 is 0 Å². The second-order valence-corrected chi connectivity index (χ2v) is 7.87. The highest BCUT2D eigenvalue weighted by Gasteiger charge is 2.42. The van der Waals surface area contributed by atoms with E-state index in [0.717, 1.165) is 43.5 Å². The lowest BCUT2D eigenvalue weighted by atomic mass is 9.80. The van der Waals surface area contributed by atoms with E-state index in [2.05, 4.69) is 11.1 Å². The number of nitriles is 1. The van der Waals surface area contributed by atoms with Crippen LogP contribution in [0.2, 0.25) is 0 Å². The first-order chi connectivity index (χ1) is 11.7. The van der Waals surface area contributed by atoms with E-state index in [1.54, 1.807) is 16.2 Å². The Kier molecular flexibility index (Phi) is 5.99. The van der Waals surface area contributed by atoms with Crippen molar-refractivity contribution in [3.05, 3.63) is 16.1 Å². The lowest BCUT2D eigenvalue weighted by Gasteiger charge is -2.44. The van der Waals surface area contributed by atoms with Crippen LogP contribution in [-0.4, -0.2) is 49.6 Å². The van der Waals surface area contributed by atoms with Gasteiger partial charge >= 0.3 is 0 Å². The monoisotopic (exact) mass is 347 g/mol. The zero-order valence-electron chi connectivity index (χ0n) is 14.5. The van der Waals surface area contributed by atoms with Gasteiger partial charge in [0, 0.05) is 30.1 Å². The molecular formula is C18H27N4OS+. The Hall–Kier alpha value is -1.29. The van der Waals surface area contributed by atoms with Gasteiger partial charge in [0.05, 0.1) is 25.8 Å². The summed E-state index contributed by atoms with van der Waals surface area (Å²) >= 11 is 1.55.